The standard InChI is InChI=1S/C12H11F3N2O2/c13-12(14,15)11(19)17-4-3-7-1-2-8(10(16)18)5-9(7)6-17/h1-2,5H,3-4,6H2,(H2,16,18). The Kier molecular flexibility index (Phi) is 3.21. The van der Waals surface area contributed by atoms with E-state index in [1.54, 1.807) is 6.07 Å². The lowest BCUT2D eigenvalue weighted by Gasteiger charge is -2.29. The minimum Gasteiger partial charge on any atom is -0.366 e. The van der Waals surface area contributed by atoms with Gasteiger partial charge in [-0.2, -0.15) is 13.2 Å². The van der Waals surface area contributed by atoms with Crippen LogP contribution >= 0.6 is 0 Å². The lowest BCUT2D eigenvalue weighted by molar-refractivity contribution is -0.186. The van der Waals surface area contributed by atoms with E-state index >= 15 is 0 Å². The van der Waals surface area contributed by atoms with Crippen molar-refractivity contribution in [1.29, 1.82) is 0 Å². The van der Waals surface area contributed by atoms with Gasteiger partial charge in [0.2, 0.25) is 5.91 Å². The van der Waals surface area contributed by atoms with Crippen LogP contribution in [0.5, 0.6) is 0 Å². The summed E-state index contributed by atoms with van der Waals surface area (Å²) in [7, 11) is 0. The summed E-state index contributed by atoms with van der Waals surface area (Å²) in [6, 6.07) is 4.63. The number of alkyl halides is 3. The van der Waals surface area contributed by atoms with Crippen molar-refractivity contribution in [2.24, 2.45) is 5.73 Å². The van der Waals surface area contributed by atoms with Crippen LogP contribution in [0.3, 0.4) is 0 Å². The van der Waals surface area contributed by atoms with Crippen molar-refractivity contribution in [2.75, 3.05) is 6.54 Å². The van der Waals surface area contributed by atoms with Crippen molar-refractivity contribution in [3.05, 3.63) is 34.9 Å². The topological polar surface area (TPSA) is 63.4 Å². The second kappa shape index (κ2) is 4.56. The first-order chi connectivity index (χ1) is 8.79. The van der Waals surface area contributed by atoms with Gasteiger partial charge < -0.3 is 10.6 Å². The van der Waals surface area contributed by atoms with E-state index in [0.29, 0.717) is 12.0 Å². The Labute approximate surface area is 107 Å². The van der Waals surface area contributed by atoms with Crippen molar-refractivity contribution >= 4 is 11.8 Å². The first-order valence-corrected chi connectivity index (χ1v) is 5.57. The molecule has 2 rings (SSSR count). The zero-order valence-electron chi connectivity index (χ0n) is 9.83. The molecule has 0 fully saturated rings. The van der Waals surface area contributed by atoms with Crippen molar-refractivity contribution in [2.45, 2.75) is 19.1 Å². The fraction of sp³-hybridized carbons (Fsp3) is 0.333. The minimum atomic E-state index is -4.88. The van der Waals surface area contributed by atoms with Crippen LogP contribution in [0.4, 0.5) is 13.2 Å². The zero-order chi connectivity index (χ0) is 14.2. The highest BCUT2D eigenvalue weighted by molar-refractivity contribution is 5.93. The molecular weight excluding hydrogens is 261 g/mol. The number of primary amides is 1. The summed E-state index contributed by atoms with van der Waals surface area (Å²) in [5, 5.41) is 0. The fourth-order valence-corrected chi connectivity index (χ4v) is 2.06. The summed E-state index contributed by atoms with van der Waals surface area (Å²) in [5.74, 6) is -2.51. The molecule has 1 aliphatic heterocycles. The number of hydrogen-bond acceptors (Lipinski definition) is 2. The van der Waals surface area contributed by atoms with Gasteiger partial charge in [-0.05, 0) is 29.7 Å². The van der Waals surface area contributed by atoms with Crippen LogP contribution in [-0.2, 0) is 17.8 Å². The van der Waals surface area contributed by atoms with Crippen molar-refractivity contribution in [3.63, 3.8) is 0 Å². The van der Waals surface area contributed by atoms with Gasteiger partial charge in [-0.25, -0.2) is 0 Å². The minimum absolute atomic E-state index is 0.0151. The molecule has 2 amide bonds. The molecule has 0 atom stereocenters. The van der Waals surface area contributed by atoms with Gasteiger partial charge in [0.25, 0.3) is 0 Å². The molecule has 0 radical (unpaired) electrons. The highest BCUT2D eigenvalue weighted by Crippen LogP contribution is 2.25. The van der Waals surface area contributed by atoms with Gasteiger partial charge >= 0.3 is 12.1 Å². The van der Waals surface area contributed by atoms with E-state index in [-0.39, 0.29) is 18.7 Å². The smallest absolute Gasteiger partial charge is 0.366 e. The molecule has 0 saturated carbocycles. The maximum Gasteiger partial charge on any atom is 0.471 e. The van der Waals surface area contributed by atoms with Crippen molar-refractivity contribution < 1.29 is 22.8 Å². The van der Waals surface area contributed by atoms with Crippen molar-refractivity contribution in [3.8, 4) is 0 Å². The van der Waals surface area contributed by atoms with Crippen LogP contribution in [0.2, 0.25) is 0 Å². The van der Waals surface area contributed by atoms with Gasteiger partial charge in [-0.15, -0.1) is 0 Å². The third kappa shape index (κ3) is 2.69. The number of fused-ring (bicyclic) bond motifs is 1. The molecule has 0 spiro atoms. The Morgan fingerprint density at radius 3 is 2.47 bits per heavy atom. The molecular formula is C12H11F3N2O2. The molecule has 1 aromatic rings. The molecule has 0 aromatic heterocycles. The predicted octanol–water partition coefficient (Wildman–Crippen LogP) is 1.23. The summed E-state index contributed by atoms with van der Waals surface area (Å²) in [5.41, 5.74) is 6.69. The van der Waals surface area contributed by atoms with Crippen molar-refractivity contribution in [1.82, 2.24) is 4.90 Å². The number of benzene rings is 1. The van der Waals surface area contributed by atoms with Gasteiger partial charge in [0, 0.05) is 18.7 Å². The molecule has 1 aliphatic rings. The quantitative estimate of drug-likeness (QED) is 0.835. The van der Waals surface area contributed by atoms with E-state index in [1.807, 2.05) is 0 Å². The van der Waals surface area contributed by atoms with E-state index < -0.39 is 18.0 Å². The summed E-state index contributed by atoms with van der Waals surface area (Å²) < 4.78 is 37.1. The summed E-state index contributed by atoms with van der Waals surface area (Å²) >= 11 is 0. The molecule has 0 unspecified atom stereocenters. The maximum atomic E-state index is 12.4. The second-order valence-corrected chi connectivity index (χ2v) is 4.32. The lowest BCUT2D eigenvalue weighted by atomic mass is 9.97. The SMILES string of the molecule is NC(=O)c1ccc2c(c1)CN(C(=O)C(F)(F)F)CC2. The van der Waals surface area contributed by atoms with Crippen LogP contribution in [0.1, 0.15) is 21.5 Å². The van der Waals surface area contributed by atoms with E-state index in [1.165, 1.54) is 12.1 Å². The number of rotatable bonds is 1. The first kappa shape index (κ1) is 13.4. The summed E-state index contributed by atoms with van der Waals surface area (Å²) in [4.78, 5) is 22.9. The lowest BCUT2D eigenvalue weighted by Crippen LogP contribution is -2.43. The Morgan fingerprint density at radius 2 is 1.89 bits per heavy atom. The number of nitrogens with zero attached hydrogens (tertiary/aromatic N) is 1. The molecule has 4 nitrogen and oxygen atoms in total. The van der Waals surface area contributed by atoms with E-state index in [9.17, 15) is 22.8 Å². The Bertz CT molecular complexity index is 540. The van der Waals surface area contributed by atoms with E-state index in [0.717, 1.165) is 10.5 Å². The molecule has 1 aromatic carbocycles. The largest absolute Gasteiger partial charge is 0.471 e. The third-order valence-corrected chi connectivity index (χ3v) is 3.03. The Balaban J connectivity index is 2.25. The molecule has 0 aliphatic carbocycles. The Morgan fingerprint density at radius 1 is 1.21 bits per heavy atom. The number of halogens is 3. The van der Waals surface area contributed by atoms with Gasteiger partial charge in [0.15, 0.2) is 0 Å². The van der Waals surface area contributed by atoms with Gasteiger partial charge in [0.1, 0.15) is 0 Å². The van der Waals surface area contributed by atoms with Gasteiger partial charge in [-0.3, -0.25) is 9.59 Å². The fourth-order valence-electron chi connectivity index (χ4n) is 2.06. The summed E-state index contributed by atoms with van der Waals surface area (Å²) in [6.45, 7) is -0.143. The zero-order valence-corrected chi connectivity index (χ0v) is 9.83. The Hall–Kier alpha value is -2.05. The number of amides is 2. The number of carbonyl (C=O) groups excluding carboxylic acids is 2. The first-order valence-electron chi connectivity index (χ1n) is 5.57. The summed E-state index contributed by atoms with van der Waals surface area (Å²) in [6.07, 6.45) is -4.55. The van der Waals surface area contributed by atoms with Gasteiger partial charge in [-0.1, -0.05) is 6.07 Å². The average molecular weight is 272 g/mol. The van der Waals surface area contributed by atoms with E-state index in [4.69, 9.17) is 5.73 Å². The highest BCUT2D eigenvalue weighted by atomic mass is 19.4. The molecule has 102 valence electrons. The van der Waals surface area contributed by atoms with Crippen LogP contribution < -0.4 is 5.73 Å². The molecule has 1 heterocycles. The van der Waals surface area contributed by atoms with Crippen LogP contribution in [0.15, 0.2) is 18.2 Å². The molecule has 7 heteroatoms. The molecule has 0 saturated heterocycles. The number of hydrogen-bond donors (Lipinski definition) is 1. The van der Waals surface area contributed by atoms with Crippen LogP contribution in [-0.4, -0.2) is 29.4 Å². The molecule has 19 heavy (non-hydrogen) atoms. The number of carbonyl (C=O) groups is 2. The monoisotopic (exact) mass is 272 g/mol. The molecule has 2 N–H and O–H groups in total. The predicted molar refractivity (Wildman–Crippen MR) is 60.1 cm³/mol. The van der Waals surface area contributed by atoms with Gasteiger partial charge in [0.05, 0.1) is 0 Å². The highest BCUT2D eigenvalue weighted by Gasteiger charge is 2.43. The second-order valence-electron chi connectivity index (χ2n) is 4.32. The van der Waals surface area contributed by atoms with E-state index in [2.05, 4.69) is 0 Å². The number of nitrogens with two attached hydrogens (primary N) is 1. The molecule has 0 bridgehead atoms. The van der Waals surface area contributed by atoms with Crippen LogP contribution in [0, 0.1) is 0 Å². The normalized spacial score (nSPS) is 15.0. The third-order valence-electron chi connectivity index (χ3n) is 3.03. The van der Waals surface area contributed by atoms with Crippen LogP contribution in [0.25, 0.3) is 0 Å². The average Bonchev–Trinajstić information content (AvgIpc) is 2.35. The maximum absolute atomic E-state index is 12.4.